The fourth-order valence-corrected chi connectivity index (χ4v) is 4.78. The Morgan fingerprint density at radius 3 is 2.59 bits per heavy atom. The van der Waals surface area contributed by atoms with E-state index in [1.807, 2.05) is 31.2 Å². The first kappa shape index (κ1) is 22.1. The van der Waals surface area contributed by atoms with Gasteiger partial charge in [-0.15, -0.1) is 0 Å². The molecule has 0 saturated carbocycles. The number of halogens is 1. The van der Waals surface area contributed by atoms with E-state index >= 15 is 0 Å². The SMILES string of the molecule is Cc1ccc(Sc2ccc(/C=C3/SC(=Nc4ccccc4Cl)NC3=O)cc2[N+](=O)[O-])cc1. The van der Waals surface area contributed by atoms with Crippen molar-refractivity contribution in [3.63, 3.8) is 0 Å². The Balaban J connectivity index is 1.59. The van der Waals surface area contributed by atoms with Gasteiger partial charge in [0.2, 0.25) is 0 Å². The molecule has 1 heterocycles. The van der Waals surface area contributed by atoms with E-state index in [-0.39, 0.29) is 11.6 Å². The van der Waals surface area contributed by atoms with E-state index in [0.29, 0.717) is 31.2 Å². The minimum Gasteiger partial charge on any atom is -0.300 e. The molecule has 0 spiro atoms. The topological polar surface area (TPSA) is 84.6 Å². The van der Waals surface area contributed by atoms with Crippen LogP contribution in [0.25, 0.3) is 6.08 Å². The van der Waals surface area contributed by atoms with Gasteiger partial charge in [-0.3, -0.25) is 14.9 Å². The van der Waals surface area contributed by atoms with Crippen molar-refractivity contribution in [2.24, 2.45) is 4.99 Å². The summed E-state index contributed by atoms with van der Waals surface area (Å²) in [6, 6.07) is 19.8. The van der Waals surface area contributed by atoms with E-state index in [2.05, 4.69) is 10.3 Å². The summed E-state index contributed by atoms with van der Waals surface area (Å²) in [5.41, 5.74) is 2.21. The van der Waals surface area contributed by atoms with Crippen LogP contribution in [0.4, 0.5) is 11.4 Å². The van der Waals surface area contributed by atoms with Gasteiger partial charge >= 0.3 is 0 Å². The second-order valence-corrected chi connectivity index (χ2v) is 9.39. The van der Waals surface area contributed by atoms with Crippen LogP contribution in [0.5, 0.6) is 0 Å². The fraction of sp³-hybridized carbons (Fsp3) is 0.0435. The fourth-order valence-electron chi connectivity index (χ4n) is 2.87. The second kappa shape index (κ2) is 9.60. The molecule has 1 N–H and O–H groups in total. The number of aliphatic imine (C=N–C) groups is 1. The number of aryl methyl sites for hydroxylation is 1. The normalized spacial score (nSPS) is 15.9. The summed E-state index contributed by atoms with van der Waals surface area (Å²) >= 11 is 8.61. The van der Waals surface area contributed by atoms with E-state index in [1.54, 1.807) is 42.5 Å². The molecular weight excluding hydrogens is 466 g/mol. The van der Waals surface area contributed by atoms with Gasteiger partial charge < -0.3 is 5.32 Å². The molecule has 1 amide bonds. The minimum atomic E-state index is -0.412. The lowest BCUT2D eigenvalue weighted by atomic mass is 10.2. The van der Waals surface area contributed by atoms with Crippen LogP contribution in [0, 0.1) is 17.0 Å². The molecule has 3 aromatic carbocycles. The molecule has 4 rings (SSSR count). The molecule has 0 atom stereocenters. The van der Waals surface area contributed by atoms with E-state index in [9.17, 15) is 14.9 Å². The summed E-state index contributed by atoms with van der Waals surface area (Å²) in [5.74, 6) is -0.318. The second-order valence-electron chi connectivity index (χ2n) is 6.83. The molecule has 3 aromatic rings. The molecule has 9 heteroatoms. The highest BCUT2D eigenvalue weighted by Crippen LogP contribution is 2.37. The van der Waals surface area contributed by atoms with Crippen LogP contribution in [0.15, 0.2) is 86.4 Å². The van der Waals surface area contributed by atoms with Gasteiger partial charge in [-0.1, -0.05) is 59.3 Å². The number of amides is 1. The van der Waals surface area contributed by atoms with Crippen LogP contribution < -0.4 is 5.32 Å². The van der Waals surface area contributed by atoms with Crippen LogP contribution in [-0.4, -0.2) is 16.0 Å². The third-order valence-corrected chi connectivity index (χ3v) is 6.75. The number of carbonyl (C=O) groups excluding carboxylic acids is 1. The maximum Gasteiger partial charge on any atom is 0.283 e. The van der Waals surface area contributed by atoms with Crippen LogP contribution >= 0.6 is 35.1 Å². The Morgan fingerprint density at radius 2 is 1.88 bits per heavy atom. The number of carbonyl (C=O) groups is 1. The molecule has 1 aliphatic rings. The number of hydrogen-bond acceptors (Lipinski definition) is 6. The van der Waals surface area contributed by atoms with Crippen molar-refractivity contribution in [3.05, 3.63) is 97.9 Å². The average molecular weight is 482 g/mol. The molecule has 0 aromatic heterocycles. The first-order chi connectivity index (χ1) is 15.4. The summed E-state index contributed by atoms with van der Waals surface area (Å²) in [5, 5.41) is 15.2. The standard InChI is InChI=1S/C23H16ClN3O3S2/c1-14-6-9-16(10-7-14)31-20-11-8-15(12-19(20)27(29)30)13-21-22(28)26-23(32-21)25-18-5-3-2-4-17(18)24/h2-13H,1H3,(H,25,26,28)/b21-13+. The molecule has 0 aliphatic carbocycles. The first-order valence-corrected chi connectivity index (χ1v) is 11.5. The smallest absolute Gasteiger partial charge is 0.283 e. The van der Waals surface area contributed by atoms with Crippen molar-refractivity contribution in [2.45, 2.75) is 16.7 Å². The number of thioether (sulfide) groups is 1. The van der Waals surface area contributed by atoms with Crippen LogP contribution in [0.2, 0.25) is 5.02 Å². The molecule has 0 bridgehead atoms. The van der Waals surface area contributed by atoms with Gasteiger partial charge in [0.25, 0.3) is 11.6 Å². The van der Waals surface area contributed by atoms with Crippen LogP contribution in [0.3, 0.4) is 0 Å². The van der Waals surface area contributed by atoms with Crippen molar-refractivity contribution in [3.8, 4) is 0 Å². The molecule has 1 fully saturated rings. The predicted octanol–water partition coefficient (Wildman–Crippen LogP) is 6.60. The monoisotopic (exact) mass is 481 g/mol. The quantitative estimate of drug-likeness (QED) is 0.252. The summed E-state index contributed by atoms with van der Waals surface area (Å²) in [6.45, 7) is 1.99. The van der Waals surface area contributed by atoms with Crippen molar-refractivity contribution in [2.75, 3.05) is 0 Å². The molecule has 0 unspecified atom stereocenters. The van der Waals surface area contributed by atoms with Crippen molar-refractivity contribution in [1.29, 1.82) is 0 Å². The summed E-state index contributed by atoms with van der Waals surface area (Å²) in [4.78, 5) is 29.8. The number of hydrogen-bond donors (Lipinski definition) is 1. The molecule has 160 valence electrons. The zero-order valence-electron chi connectivity index (χ0n) is 16.7. The molecule has 0 radical (unpaired) electrons. The number of amidine groups is 1. The molecule has 6 nitrogen and oxygen atoms in total. The predicted molar refractivity (Wildman–Crippen MR) is 131 cm³/mol. The van der Waals surface area contributed by atoms with Crippen LogP contribution in [-0.2, 0) is 4.79 Å². The van der Waals surface area contributed by atoms with Gasteiger partial charge in [0.05, 0.1) is 25.4 Å². The maximum absolute atomic E-state index is 12.4. The van der Waals surface area contributed by atoms with Crippen molar-refractivity contribution >= 4 is 63.7 Å². The lowest BCUT2D eigenvalue weighted by Crippen LogP contribution is -2.19. The lowest BCUT2D eigenvalue weighted by molar-refractivity contribution is -0.387. The Hall–Kier alpha value is -3.07. The highest BCUT2D eigenvalue weighted by molar-refractivity contribution is 8.18. The largest absolute Gasteiger partial charge is 0.300 e. The first-order valence-electron chi connectivity index (χ1n) is 9.46. The van der Waals surface area contributed by atoms with Gasteiger partial charge in [-0.2, -0.15) is 0 Å². The van der Waals surface area contributed by atoms with Gasteiger partial charge in [0.15, 0.2) is 5.17 Å². The number of nitro groups is 1. The summed E-state index contributed by atoms with van der Waals surface area (Å²) in [6.07, 6.45) is 1.61. The van der Waals surface area contributed by atoms with Gasteiger partial charge in [-0.25, -0.2) is 4.99 Å². The number of nitro benzene ring substituents is 1. The Bertz CT molecular complexity index is 1270. The van der Waals surface area contributed by atoms with E-state index in [4.69, 9.17) is 11.6 Å². The van der Waals surface area contributed by atoms with E-state index < -0.39 is 4.92 Å². The summed E-state index contributed by atoms with van der Waals surface area (Å²) in [7, 11) is 0. The van der Waals surface area contributed by atoms with Gasteiger partial charge in [0.1, 0.15) is 0 Å². The zero-order chi connectivity index (χ0) is 22.7. The Kier molecular flexibility index (Phi) is 6.64. The third-order valence-electron chi connectivity index (χ3n) is 4.45. The highest BCUT2D eigenvalue weighted by Gasteiger charge is 2.24. The highest BCUT2D eigenvalue weighted by atomic mass is 35.5. The number of para-hydroxylation sites is 1. The lowest BCUT2D eigenvalue weighted by Gasteiger charge is -2.05. The Morgan fingerprint density at radius 1 is 1.12 bits per heavy atom. The third kappa shape index (κ3) is 5.21. The van der Waals surface area contributed by atoms with Gasteiger partial charge in [-0.05, 0) is 60.7 Å². The molecular formula is C23H16ClN3O3S2. The maximum atomic E-state index is 12.4. The average Bonchev–Trinajstić information content (AvgIpc) is 3.11. The van der Waals surface area contributed by atoms with Gasteiger partial charge in [0, 0.05) is 11.0 Å². The molecule has 32 heavy (non-hydrogen) atoms. The molecule has 1 aliphatic heterocycles. The number of benzene rings is 3. The van der Waals surface area contributed by atoms with Crippen molar-refractivity contribution in [1.82, 2.24) is 5.32 Å². The van der Waals surface area contributed by atoms with Crippen LogP contribution in [0.1, 0.15) is 11.1 Å². The summed E-state index contributed by atoms with van der Waals surface area (Å²) < 4.78 is 0. The molecule has 1 saturated heterocycles. The Labute approximate surface area is 197 Å². The number of nitrogens with zero attached hydrogens (tertiary/aromatic N) is 2. The zero-order valence-corrected chi connectivity index (χ0v) is 19.1. The van der Waals surface area contributed by atoms with E-state index in [0.717, 1.165) is 22.2 Å². The minimum absolute atomic E-state index is 0.0155. The number of nitrogens with one attached hydrogen (secondary N) is 1. The van der Waals surface area contributed by atoms with E-state index in [1.165, 1.54) is 17.8 Å². The van der Waals surface area contributed by atoms with Crippen molar-refractivity contribution < 1.29 is 9.72 Å². The number of rotatable bonds is 5.